The minimum atomic E-state index is -0.807. The molecule has 1 fully saturated rings. The number of amides is 3. The lowest BCUT2D eigenvalue weighted by molar-refractivity contribution is -0.138. The van der Waals surface area contributed by atoms with Gasteiger partial charge in [0.25, 0.3) is 5.91 Å². The van der Waals surface area contributed by atoms with Crippen LogP contribution < -0.4 is 5.32 Å². The summed E-state index contributed by atoms with van der Waals surface area (Å²) in [6.07, 6.45) is 0. The summed E-state index contributed by atoms with van der Waals surface area (Å²) in [5.41, 5.74) is -0.0767. The summed E-state index contributed by atoms with van der Waals surface area (Å²) in [6, 6.07) is 2.68. The molecular formula is C12H12N2O5. The first-order valence-corrected chi connectivity index (χ1v) is 5.57. The Hall–Kier alpha value is -2.57. The van der Waals surface area contributed by atoms with Gasteiger partial charge in [0, 0.05) is 6.07 Å². The van der Waals surface area contributed by atoms with Crippen LogP contribution >= 0.6 is 0 Å². The van der Waals surface area contributed by atoms with Gasteiger partial charge in [0.15, 0.2) is 0 Å². The zero-order valence-corrected chi connectivity index (χ0v) is 10.1. The van der Waals surface area contributed by atoms with Crippen molar-refractivity contribution < 1.29 is 24.6 Å². The second kappa shape index (κ2) is 4.60. The Kier molecular flexibility index (Phi) is 3.12. The average molecular weight is 264 g/mol. The van der Waals surface area contributed by atoms with Crippen LogP contribution in [0.4, 0.5) is 0 Å². The van der Waals surface area contributed by atoms with Crippen molar-refractivity contribution in [1.29, 1.82) is 0 Å². The minimum Gasteiger partial charge on any atom is -0.508 e. The molecule has 1 saturated heterocycles. The second-order valence-corrected chi connectivity index (χ2v) is 4.22. The predicted octanol–water partition coefficient (Wildman–Crippen LogP) is -0.415. The second-order valence-electron chi connectivity index (χ2n) is 4.22. The molecule has 1 aromatic carbocycles. The number of piperazine rings is 1. The molecule has 7 heteroatoms. The van der Waals surface area contributed by atoms with Crippen molar-refractivity contribution in [3.8, 4) is 11.5 Å². The zero-order valence-electron chi connectivity index (χ0n) is 10.1. The van der Waals surface area contributed by atoms with E-state index < -0.39 is 29.5 Å². The number of nitrogens with one attached hydrogen (secondary N) is 1. The Balaban J connectivity index is 2.32. The highest BCUT2D eigenvalue weighted by Crippen LogP contribution is 2.24. The number of aromatic hydroxyl groups is 2. The highest BCUT2D eigenvalue weighted by atomic mass is 16.3. The number of hydrogen-bond donors (Lipinski definition) is 3. The molecular weight excluding hydrogens is 252 g/mol. The normalized spacial score (nSPS) is 19.2. The lowest BCUT2D eigenvalue weighted by atomic mass is 10.1. The first-order valence-electron chi connectivity index (χ1n) is 5.57. The highest BCUT2D eigenvalue weighted by molar-refractivity contribution is 6.07. The van der Waals surface area contributed by atoms with E-state index in [1.807, 2.05) is 0 Å². The number of phenolic OH excluding ortho intramolecular Hbond substituents is 2. The Bertz CT molecular complexity index is 569. The van der Waals surface area contributed by atoms with Gasteiger partial charge in [-0.2, -0.15) is 0 Å². The first-order chi connectivity index (χ1) is 8.90. The Labute approximate surface area is 108 Å². The summed E-state index contributed by atoms with van der Waals surface area (Å²) in [5.74, 6) is -2.38. The molecule has 0 spiro atoms. The summed E-state index contributed by atoms with van der Waals surface area (Å²) in [4.78, 5) is 36.0. The minimum absolute atomic E-state index is 0.0767. The summed E-state index contributed by atoms with van der Waals surface area (Å²) in [7, 11) is 0. The summed E-state index contributed by atoms with van der Waals surface area (Å²) < 4.78 is 0. The summed E-state index contributed by atoms with van der Waals surface area (Å²) >= 11 is 0. The van der Waals surface area contributed by atoms with E-state index in [1.54, 1.807) is 0 Å². The number of phenols is 2. The third-order valence-electron chi connectivity index (χ3n) is 2.90. The van der Waals surface area contributed by atoms with Gasteiger partial charge in [0.2, 0.25) is 11.8 Å². The Morgan fingerprint density at radius 1 is 1.37 bits per heavy atom. The standard InChI is InChI=1S/C12H12N2O5/c1-6-11(18)13-10(17)5-14(6)12(19)8-3-2-7(15)4-9(8)16/h2-4,6,15-16H,5H2,1H3,(H,13,17,18). The largest absolute Gasteiger partial charge is 0.508 e. The van der Waals surface area contributed by atoms with Crippen LogP contribution in [0.25, 0.3) is 0 Å². The van der Waals surface area contributed by atoms with Gasteiger partial charge in [-0.3, -0.25) is 19.7 Å². The molecule has 0 saturated carbocycles. The third-order valence-corrected chi connectivity index (χ3v) is 2.90. The summed E-state index contributed by atoms with van der Waals surface area (Å²) in [6.45, 7) is 1.23. The Morgan fingerprint density at radius 2 is 2.05 bits per heavy atom. The average Bonchev–Trinajstić information content (AvgIpc) is 2.33. The monoisotopic (exact) mass is 264 g/mol. The van der Waals surface area contributed by atoms with E-state index in [0.29, 0.717) is 0 Å². The molecule has 1 aliphatic rings. The van der Waals surface area contributed by atoms with Crippen molar-refractivity contribution in [2.45, 2.75) is 13.0 Å². The van der Waals surface area contributed by atoms with Crippen LogP contribution in [-0.4, -0.2) is 45.4 Å². The van der Waals surface area contributed by atoms with E-state index >= 15 is 0 Å². The molecule has 0 bridgehead atoms. The number of carbonyl (C=O) groups is 3. The van der Waals surface area contributed by atoms with Gasteiger partial charge in [-0.25, -0.2) is 0 Å². The Morgan fingerprint density at radius 3 is 2.68 bits per heavy atom. The van der Waals surface area contributed by atoms with Crippen LogP contribution in [0.1, 0.15) is 17.3 Å². The number of carbonyl (C=O) groups excluding carboxylic acids is 3. The van der Waals surface area contributed by atoms with Crippen LogP contribution in [0.2, 0.25) is 0 Å². The van der Waals surface area contributed by atoms with Gasteiger partial charge in [0.1, 0.15) is 24.1 Å². The zero-order chi connectivity index (χ0) is 14.2. The van der Waals surface area contributed by atoms with Crippen LogP contribution in [0.5, 0.6) is 11.5 Å². The molecule has 0 radical (unpaired) electrons. The van der Waals surface area contributed by atoms with Crippen molar-refractivity contribution in [2.24, 2.45) is 0 Å². The van der Waals surface area contributed by atoms with Crippen molar-refractivity contribution in [1.82, 2.24) is 10.2 Å². The smallest absolute Gasteiger partial charge is 0.258 e. The van der Waals surface area contributed by atoms with Crippen molar-refractivity contribution in [3.63, 3.8) is 0 Å². The van der Waals surface area contributed by atoms with Crippen molar-refractivity contribution in [3.05, 3.63) is 23.8 Å². The maximum absolute atomic E-state index is 12.2. The molecule has 1 aliphatic heterocycles. The number of nitrogens with zero attached hydrogens (tertiary/aromatic N) is 1. The van der Waals surface area contributed by atoms with E-state index in [4.69, 9.17) is 5.11 Å². The predicted molar refractivity (Wildman–Crippen MR) is 63.4 cm³/mol. The fourth-order valence-corrected chi connectivity index (χ4v) is 1.82. The number of benzene rings is 1. The van der Waals surface area contributed by atoms with Crippen LogP contribution in [-0.2, 0) is 9.59 Å². The lowest BCUT2D eigenvalue weighted by Gasteiger charge is -2.31. The van der Waals surface area contributed by atoms with Gasteiger partial charge >= 0.3 is 0 Å². The SMILES string of the molecule is CC1C(=O)NC(=O)CN1C(=O)c1ccc(O)cc1O. The topological polar surface area (TPSA) is 107 Å². The molecule has 2 rings (SSSR count). The number of rotatable bonds is 1. The van der Waals surface area contributed by atoms with E-state index in [0.717, 1.165) is 11.0 Å². The third kappa shape index (κ3) is 2.35. The van der Waals surface area contributed by atoms with Gasteiger partial charge in [-0.1, -0.05) is 0 Å². The van der Waals surface area contributed by atoms with Gasteiger partial charge < -0.3 is 15.1 Å². The van der Waals surface area contributed by atoms with Gasteiger partial charge in [-0.15, -0.1) is 0 Å². The fourth-order valence-electron chi connectivity index (χ4n) is 1.82. The van der Waals surface area contributed by atoms with Crippen LogP contribution in [0.3, 0.4) is 0 Å². The van der Waals surface area contributed by atoms with E-state index in [1.165, 1.54) is 19.1 Å². The fraction of sp³-hybridized carbons (Fsp3) is 0.250. The molecule has 1 heterocycles. The summed E-state index contributed by atoms with van der Waals surface area (Å²) in [5, 5.41) is 20.9. The van der Waals surface area contributed by atoms with E-state index in [9.17, 15) is 19.5 Å². The maximum Gasteiger partial charge on any atom is 0.258 e. The molecule has 0 aliphatic carbocycles. The maximum atomic E-state index is 12.2. The van der Waals surface area contributed by atoms with Crippen LogP contribution in [0, 0.1) is 0 Å². The number of hydrogen-bond acceptors (Lipinski definition) is 5. The van der Waals surface area contributed by atoms with E-state index in [2.05, 4.69) is 5.32 Å². The van der Waals surface area contributed by atoms with Gasteiger partial charge in [0.05, 0.1) is 5.56 Å². The van der Waals surface area contributed by atoms with Crippen molar-refractivity contribution in [2.75, 3.05) is 6.54 Å². The molecule has 100 valence electrons. The molecule has 1 aromatic rings. The van der Waals surface area contributed by atoms with Gasteiger partial charge in [-0.05, 0) is 19.1 Å². The molecule has 7 nitrogen and oxygen atoms in total. The van der Waals surface area contributed by atoms with E-state index in [-0.39, 0.29) is 17.9 Å². The molecule has 3 N–H and O–H groups in total. The molecule has 0 aromatic heterocycles. The quantitative estimate of drug-likeness (QED) is 0.597. The molecule has 1 unspecified atom stereocenters. The molecule has 19 heavy (non-hydrogen) atoms. The molecule has 3 amide bonds. The lowest BCUT2D eigenvalue weighted by Crippen LogP contribution is -2.58. The first kappa shape index (κ1) is 12.9. The molecule has 1 atom stereocenters. The highest BCUT2D eigenvalue weighted by Gasteiger charge is 2.34. The van der Waals surface area contributed by atoms with Crippen LogP contribution in [0.15, 0.2) is 18.2 Å². The van der Waals surface area contributed by atoms with Crippen molar-refractivity contribution >= 4 is 17.7 Å². The number of imide groups is 1.